The van der Waals surface area contributed by atoms with Crippen LogP contribution in [-0.4, -0.2) is 27.1 Å². The zero-order valence-corrected chi connectivity index (χ0v) is 16.8. The molecule has 5 nitrogen and oxygen atoms in total. The Morgan fingerprint density at radius 2 is 1.65 bits per heavy atom. The highest BCUT2D eigenvalue weighted by Gasteiger charge is 2.20. The van der Waals surface area contributed by atoms with Gasteiger partial charge in [0.1, 0.15) is 0 Å². The number of rotatable bonds is 6. The van der Waals surface area contributed by atoms with Crippen molar-refractivity contribution in [2.24, 2.45) is 0 Å². The standard InChI is InChI=1S/C20H26N2O3S/c1-14-6-9-19(17(4)12-14)22(26(5,24)25)11-10-20(23)21-18-8-7-15(2)16(3)13-18/h6-9,12-13H,10-11H2,1-5H3,(H,21,23). The van der Waals surface area contributed by atoms with Crippen molar-refractivity contribution in [3.05, 3.63) is 58.7 Å². The number of carbonyl (C=O) groups excluding carboxylic acids is 1. The molecule has 0 aliphatic heterocycles. The van der Waals surface area contributed by atoms with Crippen molar-refractivity contribution < 1.29 is 13.2 Å². The summed E-state index contributed by atoms with van der Waals surface area (Å²) in [5, 5.41) is 2.83. The molecule has 0 heterocycles. The van der Waals surface area contributed by atoms with Crippen LogP contribution in [0.4, 0.5) is 11.4 Å². The second-order valence-electron chi connectivity index (χ2n) is 6.72. The molecule has 140 valence electrons. The van der Waals surface area contributed by atoms with Gasteiger partial charge in [0.15, 0.2) is 0 Å². The van der Waals surface area contributed by atoms with Crippen LogP contribution in [0.3, 0.4) is 0 Å². The summed E-state index contributed by atoms with van der Waals surface area (Å²) < 4.78 is 25.7. The SMILES string of the molecule is Cc1ccc(N(CCC(=O)Nc2ccc(C)c(C)c2)S(C)(=O)=O)c(C)c1. The van der Waals surface area contributed by atoms with E-state index in [2.05, 4.69) is 5.32 Å². The first-order valence-corrected chi connectivity index (χ1v) is 10.3. The van der Waals surface area contributed by atoms with Crippen LogP contribution in [0.25, 0.3) is 0 Å². The third-order valence-electron chi connectivity index (χ3n) is 4.35. The highest BCUT2D eigenvalue weighted by Crippen LogP contribution is 2.24. The summed E-state index contributed by atoms with van der Waals surface area (Å²) in [4.78, 5) is 12.3. The molecule has 6 heteroatoms. The molecule has 0 atom stereocenters. The summed E-state index contributed by atoms with van der Waals surface area (Å²) in [6.07, 6.45) is 1.24. The molecule has 0 aliphatic rings. The van der Waals surface area contributed by atoms with E-state index in [0.717, 1.165) is 34.2 Å². The number of nitrogens with one attached hydrogen (secondary N) is 1. The average Bonchev–Trinajstić information content (AvgIpc) is 2.51. The van der Waals surface area contributed by atoms with E-state index in [0.29, 0.717) is 5.69 Å². The van der Waals surface area contributed by atoms with Crippen molar-refractivity contribution in [1.29, 1.82) is 0 Å². The maximum absolute atomic E-state index is 12.3. The predicted molar refractivity (Wildman–Crippen MR) is 107 cm³/mol. The fourth-order valence-corrected chi connectivity index (χ4v) is 3.78. The molecule has 2 rings (SSSR count). The molecule has 1 N–H and O–H groups in total. The molecule has 0 saturated carbocycles. The summed E-state index contributed by atoms with van der Waals surface area (Å²) in [5.41, 5.74) is 5.50. The van der Waals surface area contributed by atoms with Gasteiger partial charge in [0.25, 0.3) is 0 Å². The quantitative estimate of drug-likeness (QED) is 0.838. The number of nitrogens with zero attached hydrogens (tertiary/aromatic N) is 1. The maximum atomic E-state index is 12.3. The molecule has 0 spiro atoms. The molecule has 0 fully saturated rings. The summed E-state index contributed by atoms with van der Waals surface area (Å²) in [6, 6.07) is 11.3. The molecule has 0 bridgehead atoms. The maximum Gasteiger partial charge on any atom is 0.232 e. The summed E-state index contributed by atoms with van der Waals surface area (Å²) >= 11 is 0. The second kappa shape index (κ2) is 7.91. The Labute approximate surface area is 156 Å². The molecule has 26 heavy (non-hydrogen) atoms. The number of aryl methyl sites for hydroxylation is 4. The minimum atomic E-state index is -3.48. The highest BCUT2D eigenvalue weighted by atomic mass is 32.2. The zero-order valence-electron chi connectivity index (χ0n) is 16.0. The topological polar surface area (TPSA) is 66.5 Å². The first-order valence-electron chi connectivity index (χ1n) is 8.50. The minimum Gasteiger partial charge on any atom is -0.326 e. The van der Waals surface area contributed by atoms with E-state index in [1.807, 2.05) is 58.0 Å². The van der Waals surface area contributed by atoms with Crippen LogP contribution in [0.15, 0.2) is 36.4 Å². The molecule has 2 aromatic rings. The fraction of sp³-hybridized carbons (Fsp3) is 0.350. The number of benzene rings is 2. The third kappa shape index (κ3) is 5.08. The van der Waals surface area contributed by atoms with Crippen LogP contribution in [0.2, 0.25) is 0 Å². The lowest BCUT2D eigenvalue weighted by Crippen LogP contribution is -2.33. The van der Waals surface area contributed by atoms with Gasteiger partial charge in [-0.05, 0) is 62.6 Å². The normalized spacial score (nSPS) is 11.3. The molecule has 0 aliphatic carbocycles. The third-order valence-corrected chi connectivity index (χ3v) is 5.53. The van der Waals surface area contributed by atoms with Crippen molar-refractivity contribution >= 4 is 27.3 Å². The van der Waals surface area contributed by atoms with Crippen molar-refractivity contribution in [3.63, 3.8) is 0 Å². The van der Waals surface area contributed by atoms with Crippen LogP contribution in [0.1, 0.15) is 28.7 Å². The number of anilines is 2. The van der Waals surface area contributed by atoms with Gasteiger partial charge in [-0.15, -0.1) is 0 Å². The molecular weight excluding hydrogens is 348 g/mol. The molecule has 0 saturated heterocycles. The van der Waals surface area contributed by atoms with Gasteiger partial charge >= 0.3 is 0 Å². The summed E-state index contributed by atoms with van der Waals surface area (Å²) in [6.45, 7) is 7.92. The Morgan fingerprint density at radius 3 is 2.23 bits per heavy atom. The number of hydrogen-bond donors (Lipinski definition) is 1. The highest BCUT2D eigenvalue weighted by molar-refractivity contribution is 7.92. The van der Waals surface area contributed by atoms with E-state index >= 15 is 0 Å². The molecule has 0 unspecified atom stereocenters. The molecule has 1 amide bonds. The Hall–Kier alpha value is -2.34. The minimum absolute atomic E-state index is 0.0767. The Morgan fingerprint density at radius 1 is 0.962 bits per heavy atom. The van der Waals surface area contributed by atoms with Crippen molar-refractivity contribution in [2.75, 3.05) is 22.4 Å². The molecule has 0 aromatic heterocycles. The molecule has 2 aromatic carbocycles. The van der Waals surface area contributed by atoms with E-state index in [-0.39, 0.29) is 18.9 Å². The van der Waals surface area contributed by atoms with Gasteiger partial charge in [0.05, 0.1) is 11.9 Å². The average molecular weight is 375 g/mol. The lowest BCUT2D eigenvalue weighted by atomic mass is 10.1. The van der Waals surface area contributed by atoms with Gasteiger partial charge in [-0.1, -0.05) is 23.8 Å². The van der Waals surface area contributed by atoms with Crippen molar-refractivity contribution in [2.45, 2.75) is 34.1 Å². The van der Waals surface area contributed by atoms with Crippen molar-refractivity contribution in [3.8, 4) is 0 Å². The van der Waals surface area contributed by atoms with Gasteiger partial charge < -0.3 is 5.32 Å². The summed E-state index contributed by atoms with van der Waals surface area (Å²) in [7, 11) is -3.48. The first-order chi connectivity index (χ1) is 12.1. The predicted octanol–water partition coefficient (Wildman–Crippen LogP) is 3.72. The van der Waals surface area contributed by atoms with Gasteiger partial charge in [0.2, 0.25) is 15.9 Å². The molecule has 0 radical (unpaired) electrons. The monoisotopic (exact) mass is 374 g/mol. The zero-order chi connectivity index (χ0) is 19.5. The Kier molecular flexibility index (Phi) is 6.08. The van der Waals surface area contributed by atoms with Crippen LogP contribution in [0.5, 0.6) is 0 Å². The lowest BCUT2D eigenvalue weighted by Gasteiger charge is -2.24. The van der Waals surface area contributed by atoms with Crippen LogP contribution < -0.4 is 9.62 Å². The van der Waals surface area contributed by atoms with E-state index < -0.39 is 10.0 Å². The Balaban J connectivity index is 2.12. The first kappa shape index (κ1) is 20.0. The number of amides is 1. The number of hydrogen-bond acceptors (Lipinski definition) is 3. The van der Waals surface area contributed by atoms with Gasteiger partial charge in [0, 0.05) is 18.7 Å². The van der Waals surface area contributed by atoms with E-state index in [1.54, 1.807) is 6.07 Å². The smallest absolute Gasteiger partial charge is 0.232 e. The number of sulfonamides is 1. The molecular formula is C20H26N2O3S. The Bertz CT molecular complexity index is 921. The van der Waals surface area contributed by atoms with E-state index in [9.17, 15) is 13.2 Å². The lowest BCUT2D eigenvalue weighted by molar-refractivity contribution is -0.116. The van der Waals surface area contributed by atoms with E-state index in [4.69, 9.17) is 0 Å². The largest absolute Gasteiger partial charge is 0.326 e. The van der Waals surface area contributed by atoms with Crippen LogP contribution in [0, 0.1) is 27.7 Å². The van der Waals surface area contributed by atoms with Gasteiger partial charge in [-0.25, -0.2) is 8.42 Å². The summed E-state index contributed by atoms with van der Waals surface area (Å²) in [5.74, 6) is -0.216. The van der Waals surface area contributed by atoms with Crippen LogP contribution >= 0.6 is 0 Å². The van der Waals surface area contributed by atoms with E-state index in [1.165, 1.54) is 4.31 Å². The second-order valence-corrected chi connectivity index (χ2v) is 8.63. The fourth-order valence-electron chi connectivity index (χ4n) is 2.80. The van der Waals surface area contributed by atoms with Gasteiger partial charge in [-0.3, -0.25) is 9.10 Å². The van der Waals surface area contributed by atoms with Crippen LogP contribution in [-0.2, 0) is 14.8 Å². The van der Waals surface area contributed by atoms with Crippen molar-refractivity contribution in [1.82, 2.24) is 0 Å². The number of carbonyl (C=O) groups is 1. The van der Waals surface area contributed by atoms with Gasteiger partial charge in [-0.2, -0.15) is 0 Å².